The third-order valence-corrected chi connectivity index (χ3v) is 8.85. The van der Waals surface area contributed by atoms with E-state index in [0.717, 1.165) is 73.8 Å². The average Bonchev–Trinajstić information content (AvgIpc) is 3.74. The van der Waals surface area contributed by atoms with Crippen molar-refractivity contribution < 1.29 is 18.7 Å². The van der Waals surface area contributed by atoms with Crippen LogP contribution in [0.5, 0.6) is 5.75 Å². The molecule has 214 valence electrons. The van der Waals surface area contributed by atoms with E-state index in [4.69, 9.17) is 21.1 Å². The van der Waals surface area contributed by atoms with Gasteiger partial charge in [0, 0.05) is 54.8 Å². The second-order valence-electron chi connectivity index (χ2n) is 9.97. The molecule has 0 saturated carbocycles. The number of hydrogen-bond acceptors (Lipinski definition) is 7. The van der Waals surface area contributed by atoms with Gasteiger partial charge in [0.25, 0.3) is 0 Å². The van der Waals surface area contributed by atoms with E-state index in [9.17, 15) is 9.18 Å². The van der Waals surface area contributed by atoms with Crippen LogP contribution >= 0.6 is 23.5 Å². The molecule has 1 N–H and O–H groups in total. The molecule has 3 aromatic rings. The molecule has 3 heterocycles. The van der Waals surface area contributed by atoms with Crippen molar-refractivity contribution in [3.63, 3.8) is 0 Å². The first kappa shape index (κ1) is 30.3. The van der Waals surface area contributed by atoms with E-state index in [-0.39, 0.29) is 5.82 Å². The molecule has 2 fully saturated rings. The molecule has 40 heavy (non-hydrogen) atoms. The summed E-state index contributed by atoms with van der Waals surface area (Å²) in [6.07, 6.45) is 8.32. The molecule has 9 heteroatoms. The fourth-order valence-electron chi connectivity index (χ4n) is 5.05. The summed E-state index contributed by atoms with van der Waals surface area (Å²) in [6, 6.07) is 16.4. The molecule has 1 aromatic heterocycles. The van der Waals surface area contributed by atoms with Crippen molar-refractivity contribution >= 4 is 35.5 Å². The first-order valence-corrected chi connectivity index (χ1v) is 14.8. The summed E-state index contributed by atoms with van der Waals surface area (Å²) in [7, 11) is 3.46. The number of carbonyl (C=O) groups is 1. The number of nitrogens with zero attached hydrogens (tertiary/aromatic N) is 2. The third kappa shape index (κ3) is 8.67. The lowest BCUT2D eigenvalue weighted by Crippen LogP contribution is -2.22. The number of hydrogen-bond donors (Lipinski definition) is 1. The molecule has 2 aliphatic rings. The molecule has 3 atom stereocenters. The highest BCUT2D eigenvalue weighted by molar-refractivity contribution is 7.97. The molecule has 2 aliphatic heterocycles. The average molecular weight is 586 g/mol. The van der Waals surface area contributed by atoms with Gasteiger partial charge in [-0.15, -0.1) is 0 Å². The fourth-order valence-corrected chi connectivity index (χ4v) is 6.21. The predicted octanol–water partition coefficient (Wildman–Crippen LogP) is 7.03. The van der Waals surface area contributed by atoms with Crippen LogP contribution in [0, 0.1) is 11.7 Å². The second-order valence-corrected chi connectivity index (χ2v) is 11.5. The summed E-state index contributed by atoms with van der Waals surface area (Å²) < 4.78 is 26.7. The summed E-state index contributed by atoms with van der Waals surface area (Å²) in [6.45, 7) is 2.67. The number of aromatic nitrogens is 1. The summed E-state index contributed by atoms with van der Waals surface area (Å²) in [4.78, 5) is 15.9. The Bertz CT molecular complexity index is 1210. The van der Waals surface area contributed by atoms with Gasteiger partial charge in [-0.3, -0.25) is 4.98 Å². The Labute approximate surface area is 245 Å². The number of methoxy groups -OCH3 is 1. The summed E-state index contributed by atoms with van der Waals surface area (Å²) in [5.41, 5.74) is 2.72. The van der Waals surface area contributed by atoms with Crippen LogP contribution in [-0.4, -0.2) is 55.5 Å². The van der Waals surface area contributed by atoms with E-state index in [1.807, 2.05) is 36.4 Å². The van der Waals surface area contributed by atoms with Crippen molar-refractivity contribution in [2.75, 3.05) is 39.2 Å². The maximum atomic E-state index is 13.9. The number of rotatable bonds is 11. The summed E-state index contributed by atoms with van der Waals surface area (Å²) >= 11 is 7.63. The minimum atomic E-state index is -0.230. The van der Waals surface area contributed by atoms with E-state index in [1.54, 1.807) is 32.3 Å². The van der Waals surface area contributed by atoms with Gasteiger partial charge in [0.05, 0.1) is 25.2 Å². The first-order chi connectivity index (χ1) is 19.5. The van der Waals surface area contributed by atoms with Crippen LogP contribution in [0.3, 0.4) is 0 Å². The van der Waals surface area contributed by atoms with Gasteiger partial charge < -0.3 is 19.6 Å². The van der Waals surface area contributed by atoms with E-state index < -0.39 is 0 Å². The number of pyridine rings is 1. The van der Waals surface area contributed by atoms with Crippen LogP contribution < -0.4 is 10.1 Å². The first-order valence-electron chi connectivity index (χ1n) is 13.7. The van der Waals surface area contributed by atoms with Gasteiger partial charge in [-0.1, -0.05) is 23.7 Å². The SMILES string of the molecule is CNc1cncc(F)c1CC[C@H]1CN1Sc1ccc(OC)cc1.O=CCC(c1ccc(Cl)cc1)C1CCOCC1. The highest BCUT2D eigenvalue weighted by atomic mass is 35.5. The molecular weight excluding hydrogens is 549 g/mol. The highest BCUT2D eigenvalue weighted by Gasteiger charge is 2.34. The smallest absolute Gasteiger partial charge is 0.146 e. The van der Waals surface area contributed by atoms with Crippen LogP contribution in [0.25, 0.3) is 0 Å². The molecule has 0 spiro atoms. The van der Waals surface area contributed by atoms with E-state index in [0.29, 0.717) is 24.3 Å². The third-order valence-electron chi connectivity index (χ3n) is 7.43. The van der Waals surface area contributed by atoms with Crippen molar-refractivity contribution in [1.29, 1.82) is 0 Å². The largest absolute Gasteiger partial charge is 0.497 e. The monoisotopic (exact) mass is 585 g/mol. The van der Waals surface area contributed by atoms with Crippen molar-refractivity contribution in [2.45, 2.75) is 49.0 Å². The Balaban J connectivity index is 0.000000194. The lowest BCUT2D eigenvalue weighted by atomic mass is 9.80. The van der Waals surface area contributed by atoms with Crippen LogP contribution in [-0.2, 0) is 16.0 Å². The zero-order chi connectivity index (χ0) is 28.3. The van der Waals surface area contributed by atoms with Crippen LogP contribution in [0.1, 0.15) is 42.7 Å². The molecule has 2 saturated heterocycles. The molecule has 5 rings (SSSR count). The van der Waals surface area contributed by atoms with Gasteiger partial charge in [0.2, 0.25) is 0 Å². The van der Waals surface area contributed by atoms with Crippen molar-refractivity contribution in [3.8, 4) is 5.75 Å². The Kier molecular flexibility index (Phi) is 11.7. The summed E-state index contributed by atoms with van der Waals surface area (Å²) in [5, 5.41) is 3.75. The maximum absolute atomic E-state index is 13.9. The predicted molar refractivity (Wildman–Crippen MR) is 160 cm³/mol. The Morgan fingerprint density at radius 1 is 1.18 bits per heavy atom. The summed E-state index contributed by atoms with van der Waals surface area (Å²) in [5.74, 6) is 1.50. The van der Waals surface area contributed by atoms with E-state index in [1.165, 1.54) is 16.7 Å². The van der Waals surface area contributed by atoms with E-state index >= 15 is 0 Å². The van der Waals surface area contributed by atoms with Gasteiger partial charge in [0.15, 0.2) is 0 Å². The Morgan fingerprint density at radius 3 is 2.55 bits per heavy atom. The standard InChI is InChI=1S/C17H20FN3OS.C14H17ClO2/c1-19-17-10-20-9-16(18)15(17)8-3-12-11-21(12)23-14-6-4-13(22-2)5-7-14;15-13-3-1-11(2-4-13)14(5-8-16)12-6-9-17-10-7-12/h4-7,9-10,12,19H,3,8,11H2,1-2H3;1-4,8,12,14H,5-7,9-10H2/t12-,21?;/m0./s1. The maximum Gasteiger partial charge on any atom is 0.146 e. The van der Waals surface area contributed by atoms with E-state index in [2.05, 4.69) is 26.7 Å². The molecule has 2 aromatic carbocycles. The topological polar surface area (TPSA) is 63.5 Å². The molecule has 0 radical (unpaired) electrons. The van der Waals surface area contributed by atoms with Gasteiger partial charge in [0.1, 0.15) is 17.9 Å². The highest BCUT2D eigenvalue weighted by Crippen LogP contribution is 2.37. The van der Waals surface area contributed by atoms with Crippen molar-refractivity contribution in [2.24, 2.45) is 5.92 Å². The normalized spacial score (nSPS) is 19.2. The number of anilines is 1. The number of carbonyl (C=O) groups excluding carboxylic acids is 1. The number of aldehydes is 1. The van der Waals surface area contributed by atoms with Gasteiger partial charge in [-0.05, 0) is 91.4 Å². The number of nitrogens with one attached hydrogen (secondary N) is 1. The van der Waals surface area contributed by atoms with Crippen LogP contribution in [0.2, 0.25) is 5.02 Å². The van der Waals surface area contributed by atoms with Crippen LogP contribution in [0.15, 0.2) is 65.8 Å². The lowest BCUT2D eigenvalue weighted by molar-refractivity contribution is -0.108. The van der Waals surface area contributed by atoms with Gasteiger partial charge >= 0.3 is 0 Å². The van der Waals surface area contributed by atoms with Crippen molar-refractivity contribution in [3.05, 3.63) is 82.9 Å². The lowest BCUT2D eigenvalue weighted by Gasteiger charge is -2.29. The van der Waals surface area contributed by atoms with Crippen LogP contribution in [0.4, 0.5) is 10.1 Å². The van der Waals surface area contributed by atoms with Crippen molar-refractivity contribution in [1.82, 2.24) is 9.29 Å². The molecule has 0 amide bonds. The quantitative estimate of drug-likeness (QED) is 0.147. The Morgan fingerprint density at radius 2 is 1.90 bits per heavy atom. The second kappa shape index (κ2) is 15.4. The fraction of sp³-hybridized carbons (Fsp3) is 0.419. The number of halogens is 2. The number of benzene rings is 2. The minimum absolute atomic E-state index is 0.230. The zero-order valence-corrected chi connectivity index (χ0v) is 24.6. The van der Waals surface area contributed by atoms with Gasteiger partial charge in [-0.25, -0.2) is 8.70 Å². The zero-order valence-electron chi connectivity index (χ0n) is 23.0. The molecule has 2 unspecified atom stereocenters. The molecular formula is C31H37ClFN3O3S. The number of ether oxygens (including phenoxy) is 2. The molecule has 0 bridgehead atoms. The molecule has 0 aliphatic carbocycles. The Hall–Kier alpha value is -2.65. The molecule has 6 nitrogen and oxygen atoms in total. The van der Waals surface area contributed by atoms with Gasteiger partial charge in [-0.2, -0.15) is 0 Å². The minimum Gasteiger partial charge on any atom is -0.497 e.